The first-order valence-electron chi connectivity index (χ1n) is 7.34. The lowest BCUT2D eigenvalue weighted by molar-refractivity contribution is 0.104. The van der Waals surface area contributed by atoms with Gasteiger partial charge in [-0.2, -0.15) is 5.26 Å². The summed E-state index contributed by atoms with van der Waals surface area (Å²) in [5.74, 6) is -0.271. The SMILES string of the molecule is Cc1[nH]c2ccccc2c1C(=O)/C(C#N)=C\c1cc(Br)c(O)c(Br)c1. The lowest BCUT2D eigenvalue weighted by atomic mass is 9.99. The zero-order valence-electron chi connectivity index (χ0n) is 13.1. The van der Waals surface area contributed by atoms with Crippen LogP contribution in [0.5, 0.6) is 5.75 Å². The van der Waals surface area contributed by atoms with Crippen molar-refractivity contribution in [1.29, 1.82) is 5.26 Å². The zero-order chi connectivity index (χ0) is 18.1. The summed E-state index contributed by atoms with van der Waals surface area (Å²) in [6.45, 7) is 1.82. The molecule has 1 heterocycles. The van der Waals surface area contributed by atoms with Crippen molar-refractivity contribution in [2.75, 3.05) is 0 Å². The smallest absolute Gasteiger partial charge is 0.205 e. The van der Waals surface area contributed by atoms with Crippen molar-refractivity contribution in [3.8, 4) is 11.8 Å². The van der Waals surface area contributed by atoms with Gasteiger partial charge in [-0.05, 0) is 68.6 Å². The van der Waals surface area contributed by atoms with Crippen molar-refractivity contribution in [2.24, 2.45) is 0 Å². The second kappa shape index (κ2) is 6.87. The van der Waals surface area contributed by atoms with Gasteiger partial charge in [-0.25, -0.2) is 0 Å². The molecule has 2 aromatic carbocycles. The van der Waals surface area contributed by atoms with E-state index in [1.807, 2.05) is 37.3 Å². The molecule has 0 bridgehead atoms. The van der Waals surface area contributed by atoms with Crippen molar-refractivity contribution in [1.82, 2.24) is 4.98 Å². The summed E-state index contributed by atoms with van der Waals surface area (Å²) in [4.78, 5) is 16.1. The summed E-state index contributed by atoms with van der Waals surface area (Å²) in [6, 6.07) is 12.8. The van der Waals surface area contributed by atoms with Gasteiger partial charge in [0.1, 0.15) is 17.4 Å². The van der Waals surface area contributed by atoms with Gasteiger partial charge in [0, 0.05) is 16.6 Å². The van der Waals surface area contributed by atoms with Crippen LogP contribution in [0.2, 0.25) is 0 Å². The molecular weight excluding hydrogens is 448 g/mol. The number of halogens is 2. The number of nitrogens with one attached hydrogen (secondary N) is 1. The molecule has 0 radical (unpaired) electrons. The highest BCUT2D eigenvalue weighted by molar-refractivity contribution is 9.11. The first-order chi connectivity index (χ1) is 11.9. The molecule has 2 N–H and O–H groups in total. The molecule has 124 valence electrons. The molecule has 0 saturated carbocycles. The number of phenols is 1. The lowest BCUT2D eigenvalue weighted by Gasteiger charge is -2.04. The fourth-order valence-electron chi connectivity index (χ4n) is 2.69. The van der Waals surface area contributed by atoms with Crippen LogP contribution >= 0.6 is 31.9 Å². The molecule has 0 spiro atoms. The number of carbonyl (C=O) groups excluding carboxylic acids is 1. The molecule has 4 nitrogen and oxygen atoms in total. The number of hydrogen-bond donors (Lipinski definition) is 2. The largest absolute Gasteiger partial charge is 0.506 e. The second-order valence-corrected chi connectivity index (χ2v) is 7.21. The number of aromatic amines is 1. The molecule has 0 unspecified atom stereocenters. The van der Waals surface area contributed by atoms with Crippen LogP contribution in [0.15, 0.2) is 50.9 Å². The maximum atomic E-state index is 12.9. The summed E-state index contributed by atoms with van der Waals surface area (Å²) in [5, 5.41) is 20.1. The van der Waals surface area contributed by atoms with Crippen LogP contribution in [0.25, 0.3) is 17.0 Å². The van der Waals surface area contributed by atoms with Gasteiger partial charge in [0.25, 0.3) is 0 Å². The Bertz CT molecular complexity index is 1050. The number of aromatic nitrogens is 1. The number of rotatable bonds is 3. The van der Waals surface area contributed by atoms with Crippen molar-refractivity contribution >= 4 is 54.6 Å². The van der Waals surface area contributed by atoms with Crippen LogP contribution in [0.4, 0.5) is 0 Å². The first kappa shape index (κ1) is 17.5. The number of ketones is 1. The molecule has 0 fully saturated rings. The van der Waals surface area contributed by atoms with Gasteiger partial charge in [0.15, 0.2) is 0 Å². The van der Waals surface area contributed by atoms with E-state index >= 15 is 0 Å². The van der Waals surface area contributed by atoms with Crippen LogP contribution in [-0.4, -0.2) is 15.9 Å². The summed E-state index contributed by atoms with van der Waals surface area (Å²) >= 11 is 6.49. The van der Waals surface area contributed by atoms with E-state index in [2.05, 4.69) is 36.8 Å². The minimum Gasteiger partial charge on any atom is -0.506 e. The number of aromatic hydroxyl groups is 1. The number of H-pyrrole nitrogens is 1. The Morgan fingerprint density at radius 2 is 1.88 bits per heavy atom. The number of phenolic OH excluding ortho intramolecular Hbond substituents is 1. The highest BCUT2D eigenvalue weighted by Crippen LogP contribution is 2.34. The van der Waals surface area contributed by atoms with Crippen LogP contribution in [0.1, 0.15) is 21.6 Å². The number of Topliss-reactive ketones (excluding diaryl/α,β-unsaturated/α-hetero) is 1. The highest BCUT2D eigenvalue weighted by atomic mass is 79.9. The van der Waals surface area contributed by atoms with Gasteiger partial charge in [0.2, 0.25) is 5.78 Å². The Morgan fingerprint density at radius 1 is 1.24 bits per heavy atom. The number of nitrogens with zero attached hydrogens (tertiary/aromatic N) is 1. The maximum Gasteiger partial charge on any atom is 0.205 e. The Balaban J connectivity index is 2.11. The average molecular weight is 460 g/mol. The summed E-state index contributed by atoms with van der Waals surface area (Å²) < 4.78 is 0.947. The molecule has 0 aliphatic heterocycles. The van der Waals surface area contributed by atoms with E-state index in [4.69, 9.17) is 0 Å². The Hall–Kier alpha value is -2.36. The zero-order valence-corrected chi connectivity index (χ0v) is 16.3. The van der Waals surface area contributed by atoms with E-state index in [1.54, 1.807) is 12.1 Å². The van der Waals surface area contributed by atoms with E-state index in [0.717, 1.165) is 16.6 Å². The minimum atomic E-state index is -0.335. The van der Waals surface area contributed by atoms with Crippen LogP contribution in [0.3, 0.4) is 0 Å². The van der Waals surface area contributed by atoms with Crippen molar-refractivity contribution in [2.45, 2.75) is 6.92 Å². The molecule has 0 saturated heterocycles. The van der Waals surface area contributed by atoms with Gasteiger partial charge in [-0.15, -0.1) is 0 Å². The molecule has 6 heteroatoms. The van der Waals surface area contributed by atoms with Crippen molar-refractivity contribution in [3.63, 3.8) is 0 Å². The summed E-state index contributed by atoms with van der Waals surface area (Å²) in [5.41, 5.74) is 2.73. The predicted molar refractivity (Wildman–Crippen MR) is 104 cm³/mol. The Kier molecular flexibility index (Phi) is 4.80. The standard InChI is InChI=1S/C19H12Br2N2O2/c1-10-17(13-4-2-3-5-16(13)23-10)18(24)12(9-22)6-11-7-14(20)19(25)15(21)8-11/h2-8,23,25H,1H3/b12-6-. The summed E-state index contributed by atoms with van der Waals surface area (Å²) in [7, 11) is 0. The number of benzene rings is 2. The van der Waals surface area contributed by atoms with Crippen LogP contribution in [0, 0.1) is 18.3 Å². The van der Waals surface area contributed by atoms with Gasteiger partial charge < -0.3 is 10.1 Å². The van der Waals surface area contributed by atoms with E-state index in [-0.39, 0.29) is 17.1 Å². The summed E-state index contributed by atoms with van der Waals surface area (Å²) in [6.07, 6.45) is 1.51. The van der Waals surface area contributed by atoms with Gasteiger partial charge in [-0.1, -0.05) is 18.2 Å². The molecule has 0 atom stereocenters. The third-order valence-corrected chi connectivity index (χ3v) is 5.04. The second-order valence-electron chi connectivity index (χ2n) is 5.50. The van der Waals surface area contributed by atoms with Crippen molar-refractivity contribution in [3.05, 3.63) is 67.7 Å². The number of hydrogen-bond acceptors (Lipinski definition) is 3. The van der Waals surface area contributed by atoms with Gasteiger partial charge in [-0.3, -0.25) is 4.79 Å². The lowest BCUT2D eigenvalue weighted by Crippen LogP contribution is -2.03. The van der Waals surface area contributed by atoms with Gasteiger partial charge in [0.05, 0.1) is 14.5 Å². The van der Waals surface area contributed by atoms with Crippen molar-refractivity contribution < 1.29 is 9.90 Å². The Morgan fingerprint density at radius 3 is 2.52 bits per heavy atom. The molecular formula is C19H12Br2N2O2. The number of nitriles is 1. The molecule has 0 amide bonds. The average Bonchev–Trinajstić information content (AvgIpc) is 2.92. The fraction of sp³-hybridized carbons (Fsp3) is 0.0526. The third-order valence-electron chi connectivity index (χ3n) is 3.84. The minimum absolute atomic E-state index is 0.0253. The van der Waals surface area contributed by atoms with Crippen LogP contribution in [-0.2, 0) is 0 Å². The Labute approximate surface area is 161 Å². The highest BCUT2D eigenvalue weighted by Gasteiger charge is 2.20. The van der Waals surface area contributed by atoms with E-state index < -0.39 is 0 Å². The fourth-order valence-corrected chi connectivity index (χ4v) is 3.91. The molecule has 1 aromatic heterocycles. The molecule has 3 rings (SSSR count). The number of para-hydroxylation sites is 1. The normalized spacial score (nSPS) is 11.5. The number of fused-ring (bicyclic) bond motifs is 1. The molecule has 25 heavy (non-hydrogen) atoms. The first-order valence-corrected chi connectivity index (χ1v) is 8.92. The molecule has 0 aliphatic carbocycles. The monoisotopic (exact) mass is 458 g/mol. The number of aryl methyl sites for hydroxylation is 1. The van der Waals surface area contributed by atoms with E-state index in [0.29, 0.717) is 20.1 Å². The maximum absolute atomic E-state index is 12.9. The van der Waals surface area contributed by atoms with E-state index in [9.17, 15) is 15.2 Å². The topological polar surface area (TPSA) is 76.9 Å². The molecule has 0 aliphatic rings. The van der Waals surface area contributed by atoms with Crippen LogP contribution < -0.4 is 0 Å². The quantitative estimate of drug-likeness (QED) is 0.308. The predicted octanol–water partition coefficient (Wildman–Crippen LogP) is 5.50. The van der Waals surface area contributed by atoms with E-state index in [1.165, 1.54) is 6.08 Å². The van der Waals surface area contributed by atoms with Gasteiger partial charge >= 0.3 is 0 Å². The number of carbonyl (C=O) groups is 1. The third kappa shape index (κ3) is 3.26. The number of allylic oxidation sites excluding steroid dienone is 1. The molecule has 3 aromatic rings.